The van der Waals surface area contributed by atoms with E-state index in [1.807, 2.05) is 65.0 Å². The molecule has 0 unspecified atom stereocenters. The molecule has 0 aromatic heterocycles. The molecular weight excluding hydrogens is 450 g/mol. The van der Waals surface area contributed by atoms with Crippen molar-refractivity contribution in [3.8, 4) is 0 Å². The van der Waals surface area contributed by atoms with Crippen LogP contribution in [0, 0.1) is 20.8 Å². The van der Waals surface area contributed by atoms with Crippen LogP contribution in [0.15, 0.2) is 42.5 Å². The molecule has 0 saturated heterocycles. The summed E-state index contributed by atoms with van der Waals surface area (Å²) in [6.07, 6.45) is 1.85. The molecule has 2 atom stereocenters. The normalized spacial score (nSPS) is 13.1. The Hall–Kier alpha value is -2.87. The zero-order valence-corrected chi connectivity index (χ0v) is 22.1. The maximum Gasteiger partial charge on any atom is 0.244 e. The first-order valence-corrected chi connectivity index (χ1v) is 13.4. The number of hydrogen-bond acceptors (Lipinski definition) is 4. The third kappa shape index (κ3) is 7.06. The summed E-state index contributed by atoms with van der Waals surface area (Å²) in [6, 6.07) is 12.3. The Morgan fingerprint density at radius 3 is 2.18 bits per heavy atom. The average Bonchev–Trinajstić information content (AvgIpc) is 2.77. The van der Waals surface area contributed by atoms with Crippen molar-refractivity contribution >= 4 is 27.5 Å². The highest BCUT2D eigenvalue weighted by Gasteiger charge is 2.31. The second kappa shape index (κ2) is 11.5. The standard InChI is InChI=1S/C26H37N3O4S/c1-8-20(4)27-26(31)22(6)28(16-23-14-12-18(2)13-15-23)25(30)17-29(34(7,32)33)24-11-9-10-19(3)21(24)5/h9-15,20,22H,8,16-17H2,1-7H3,(H,27,31)/t20-,22-/m1/s1. The molecule has 2 aromatic rings. The van der Waals surface area contributed by atoms with Crippen LogP contribution in [0.25, 0.3) is 0 Å². The highest BCUT2D eigenvalue weighted by Crippen LogP contribution is 2.25. The molecule has 34 heavy (non-hydrogen) atoms. The van der Waals surface area contributed by atoms with Crippen LogP contribution in [0.3, 0.4) is 0 Å². The van der Waals surface area contributed by atoms with E-state index in [0.717, 1.165) is 39.2 Å². The molecule has 2 amide bonds. The SMILES string of the molecule is CC[C@@H](C)NC(=O)[C@@H](C)N(Cc1ccc(C)cc1)C(=O)CN(c1cccc(C)c1C)S(C)(=O)=O. The monoisotopic (exact) mass is 487 g/mol. The molecule has 2 aromatic carbocycles. The van der Waals surface area contributed by atoms with Gasteiger partial charge >= 0.3 is 0 Å². The van der Waals surface area contributed by atoms with Crippen LogP contribution >= 0.6 is 0 Å². The highest BCUT2D eigenvalue weighted by molar-refractivity contribution is 7.92. The Morgan fingerprint density at radius 1 is 1.00 bits per heavy atom. The third-order valence-electron chi connectivity index (χ3n) is 6.17. The molecule has 186 valence electrons. The molecular formula is C26H37N3O4S. The van der Waals surface area contributed by atoms with E-state index in [9.17, 15) is 18.0 Å². The van der Waals surface area contributed by atoms with E-state index in [4.69, 9.17) is 0 Å². The third-order valence-corrected chi connectivity index (χ3v) is 7.29. The van der Waals surface area contributed by atoms with E-state index < -0.39 is 28.5 Å². The van der Waals surface area contributed by atoms with E-state index in [0.29, 0.717) is 5.69 Å². The lowest BCUT2D eigenvalue weighted by molar-refractivity contribution is -0.139. The van der Waals surface area contributed by atoms with Gasteiger partial charge < -0.3 is 10.2 Å². The topological polar surface area (TPSA) is 86.8 Å². The Bertz CT molecular complexity index is 1110. The first-order chi connectivity index (χ1) is 15.8. The second-order valence-electron chi connectivity index (χ2n) is 8.99. The fourth-order valence-electron chi connectivity index (χ4n) is 3.54. The Morgan fingerprint density at radius 2 is 1.62 bits per heavy atom. The molecule has 0 aliphatic heterocycles. The quantitative estimate of drug-likeness (QED) is 0.554. The minimum Gasteiger partial charge on any atom is -0.352 e. The zero-order valence-electron chi connectivity index (χ0n) is 21.3. The average molecular weight is 488 g/mol. The summed E-state index contributed by atoms with van der Waals surface area (Å²) in [6.45, 7) is 11.1. The molecule has 8 heteroatoms. The van der Waals surface area contributed by atoms with Crippen molar-refractivity contribution in [1.29, 1.82) is 0 Å². The predicted molar refractivity (Wildman–Crippen MR) is 137 cm³/mol. The maximum atomic E-state index is 13.6. The van der Waals surface area contributed by atoms with E-state index in [1.54, 1.807) is 19.1 Å². The van der Waals surface area contributed by atoms with Gasteiger partial charge in [-0.3, -0.25) is 13.9 Å². The fourth-order valence-corrected chi connectivity index (χ4v) is 4.44. The number of carbonyl (C=O) groups excluding carboxylic acids is 2. The number of rotatable bonds is 10. The van der Waals surface area contributed by atoms with Gasteiger partial charge in [0, 0.05) is 12.6 Å². The van der Waals surface area contributed by atoms with Crippen LogP contribution in [0.4, 0.5) is 5.69 Å². The summed E-state index contributed by atoms with van der Waals surface area (Å²) in [5.41, 5.74) is 4.12. The first kappa shape index (κ1) is 27.4. The lowest BCUT2D eigenvalue weighted by Crippen LogP contribution is -2.52. The van der Waals surface area contributed by atoms with E-state index >= 15 is 0 Å². The van der Waals surface area contributed by atoms with Gasteiger partial charge in [0.2, 0.25) is 21.8 Å². The summed E-state index contributed by atoms with van der Waals surface area (Å²) in [4.78, 5) is 27.9. The maximum absolute atomic E-state index is 13.6. The van der Waals surface area contributed by atoms with E-state index in [-0.39, 0.29) is 18.5 Å². The Kier molecular flexibility index (Phi) is 9.27. The van der Waals surface area contributed by atoms with Crippen molar-refractivity contribution in [3.63, 3.8) is 0 Å². The molecule has 0 bridgehead atoms. The molecule has 2 rings (SSSR count). The van der Waals surface area contributed by atoms with Crippen LogP contribution < -0.4 is 9.62 Å². The lowest BCUT2D eigenvalue weighted by Gasteiger charge is -2.32. The zero-order chi connectivity index (χ0) is 25.6. The molecule has 0 saturated carbocycles. The van der Waals surface area contributed by atoms with Gasteiger partial charge in [-0.05, 0) is 63.8 Å². The van der Waals surface area contributed by atoms with Crippen LogP contribution in [-0.4, -0.2) is 50.0 Å². The number of nitrogens with one attached hydrogen (secondary N) is 1. The molecule has 1 N–H and O–H groups in total. The summed E-state index contributed by atoms with van der Waals surface area (Å²) in [7, 11) is -3.75. The number of carbonyl (C=O) groups is 2. The fraction of sp³-hybridized carbons (Fsp3) is 0.462. The number of anilines is 1. The molecule has 0 aliphatic carbocycles. The molecule has 7 nitrogen and oxygen atoms in total. The molecule has 0 fully saturated rings. The van der Waals surface area contributed by atoms with Crippen LogP contribution in [-0.2, 0) is 26.2 Å². The summed E-state index contributed by atoms with van der Waals surface area (Å²) >= 11 is 0. The van der Waals surface area contributed by atoms with Crippen molar-refractivity contribution in [2.75, 3.05) is 17.1 Å². The van der Waals surface area contributed by atoms with Gasteiger partial charge in [-0.25, -0.2) is 8.42 Å². The number of sulfonamides is 1. The van der Waals surface area contributed by atoms with Gasteiger partial charge in [-0.15, -0.1) is 0 Å². The van der Waals surface area contributed by atoms with Gasteiger partial charge in [0.15, 0.2) is 0 Å². The summed E-state index contributed by atoms with van der Waals surface area (Å²) in [5, 5.41) is 2.93. The number of amides is 2. The van der Waals surface area contributed by atoms with Crippen molar-refractivity contribution in [3.05, 3.63) is 64.7 Å². The van der Waals surface area contributed by atoms with Crippen LogP contribution in [0.5, 0.6) is 0 Å². The first-order valence-electron chi connectivity index (χ1n) is 11.5. The number of hydrogen-bond donors (Lipinski definition) is 1. The molecule has 0 spiro atoms. The van der Waals surface area contributed by atoms with E-state index in [1.165, 1.54) is 4.90 Å². The smallest absolute Gasteiger partial charge is 0.244 e. The van der Waals surface area contributed by atoms with Crippen LogP contribution in [0.1, 0.15) is 49.4 Å². The lowest BCUT2D eigenvalue weighted by atomic mass is 10.1. The van der Waals surface area contributed by atoms with Crippen LogP contribution in [0.2, 0.25) is 0 Å². The Balaban J connectivity index is 2.42. The molecule has 0 aliphatic rings. The minimum absolute atomic E-state index is 0.0336. The van der Waals surface area contributed by atoms with Crippen molar-refractivity contribution in [1.82, 2.24) is 10.2 Å². The van der Waals surface area contributed by atoms with Gasteiger partial charge in [0.25, 0.3) is 0 Å². The van der Waals surface area contributed by atoms with Crippen molar-refractivity contribution < 1.29 is 18.0 Å². The summed E-state index contributed by atoms with van der Waals surface area (Å²) in [5.74, 6) is -0.717. The largest absolute Gasteiger partial charge is 0.352 e. The van der Waals surface area contributed by atoms with Gasteiger partial charge in [-0.2, -0.15) is 0 Å². The van der Waals surface area contributed by atoms with E-state index in [2.05, 4.69) is 5.32 Å². The molecule has 0 radical (unpaired) electrons. The van der Waals surface area contributed by atoms with Crippen molar-refractivity contribution in [2.24, 2.45) is 0 Å². The minimum atomic E-state index is -3.75. The molecule has 0 heterocycles. The number of benzene rings is 2. The highest BCUT2D eigenvalue weighted by atomic mass is 32.2. The van der Waals surface area contributed by atoms with Gasteiger partial charge in [-0.1, -0.05) is 48.9 Å². The predicted octanol–water partition coefficient (Wildman–Crippen LogP) is 3.71. The van der Waals surface area contributed by atoms with Crippen molar-refractivity contribution in [2.45, 2.75) is 66.6 Å². The van der Waals surface area contributed by atoms with Gasteiger partial charge in [0.05, 0.1) is 11.9 Å². The number of aryl methyl sites for hydroxylation is 2. The van der Waals surface area contributed by atoms with Gasteiger partial charge in [0.1, 0.15) is 12.6 Å². The Labute approximate surface area is 204 Å². The number of nitrogens with zero attached hydrogens (tertiary/aromatic N) is 2. The second-order valence-corrected chi connectivity index (χ2v) is 10.9. The summed E-state index contributed by atoms with van der Waals surface area (Å²) < 4.78 is 26.6.